The van der Waals surface area contributed by atoms with Gasteiger partial charge in [0.15, 0.2) is 17.4 Å². The van der Waals surface area contributed by atoms with E-state index in [0.29, 0.717) is 42.7 Å². The molecule has 2 aliphatic heterocycles. The molecule has 4 heterocycles. The molecule has 0 amide bonds. The summed E-state index contributed by atoms with van der Waals surface area (Å²) in [4.78, 5) is 27.7. The number of halogens is 2. The van der Waals surface area contributed by atoms with E-state index in [2.05, 4.69) is 25.5 Å². The summed E-state index contributed by atoms with van der Waals surface area (Å²) in [5.41, 5.74) is 3.39. The molecular weight excluding hydrogens is 557 g/mol. The third-order valence-electron chi connectivity index (χ3n) is 6.88. The maximum Gasteiger partial charge on any atom is 0.335 e. The van der Waals surface area contributed by atoms with Gasteiger partial charge < -0.3 is 19.1 Å². The first-order valence-corrected chi connectivity index (χ1v) is 13.0. The first kappa shape index (κ1) is 28.0. The standard InChI is InChI=1S/C28H25ClFN5O4.H2S/c29-19-2-4-25(22(30)12-19)39-16-20-5-8-31-27(32-20)18-6-9-34(13-18)15-26-33-23-3-1-17(28(36)37)11-24(23)35(26)14-21-7-10-38-21;/h1-6,8,11-12,21H,7,9-10,13-16H2,(H,36,37);1H2/t21-;/m0./s1. The van der Waals surface area contributed by atoms with Gasteiger partial charge in [0, 0.05) is 36.5 Å². The van der Waals surface area contributed by atoms with Crippen LogP contribution in [0.4, 0.5) is 4.39 Å². The van der Waals surface area contributed by atoms with E-state index in [1.165, 1.54) is 12.1 Å². The summed E-state index contributed by atoms with van der Waals surface area (Å²) in [6.45, 7) is 3.35. The Morgan fingerprint density at radius 2 is 2.05 bits per heavy atom. The molecule has 12 heteroatoms. The molecular formula is C28H27ClFN5O4S. The van der Waals surface area contributed by atoms with Gasteiger partial charge >= 0.3 is 5.97 Å². The van der Waals surface area contributed by atoms with Crippen molar-refractivity contribution in [1.82, 2.24) is 24.4 Å². The van der Waals surface area contributed by atoms with E-state index in [9.17, 15) is 14.3 Å². The van der Waals surface area contributed by atoms with Crippen LogP contribution >= 0.6 is 25.1 Å². The molecule has 9 nitrogen and oxygen atoms in total. The van der Waals surface area contributed by atoms with Crippen molar-refractivity contribution in [3.05, 3.63) is 88.5 Å². The normalized spacial score (nSPS) is 16.9. The second-order valence-electron chi connectivity index (χ2n) is 9.56. The topological polar surface area (TPSA) is 103 Å². The lowest BCUT2D eigenvalue weighted by Crippen LogP contribution is -2.32. The Labute approximate surface area is 241 Å². The maximum absolute atomic E-state index is 14.0. The Hall–Kier alpha value is -3.51. The van der Waals surface area contributed by atoms with Crippen LogP contribution in [0.5, 0.6) is 5.75 Å². The van der Waals surface area contributed by atoms with Gasteiger partial charge in [-0.1, -0.05) is 17.7 Å². The molecule has 1 atom stereocenters. The van der Waals surface area contributed by atoms with E-state index in [1.54, 1.807) is 36.5 Å². The molecule has 2 aromatic carbocycles. The van der Waals surface area contributed by atoms with Crippen molar-refractivity contribution in [3.63, 3.8) is 0 Å². The number of benzene rings is 2. The average molecular weight is 584 g/mol. The number of aromatic nitrogens is 4. The summed E-state index contributed by atoms with van der Waals surface area (Å²) in [7, 11) is 0. The number of aromatic carboxylic acids is 1. The molecule has 208 valence electrons. The van der Waals surface area contributed by atoms with Gasteiger partial charge in [-0.05, 0) is 48.9 Å². The van der Waals surface area contributed by atoms with Gasteiger partial charge in [-0.2, -0.15) is 13.5 Å². The van der Waals surface area contributed by atoms with Gasteiger partial charge in [-0.15, -0.1) is 0 Å². The molecule has 0 radical (unpaired) electrons. The summed E-state index contributed by atoms with van der Waals surface area (Å²) >= 11 is 5.81. The number of hydrogen-bond acceptors (Lipinski definition) is 7. The Balaban J connectivity index is 0.00000323. The van der Waals surface area contributed by atoms with Crippen molar-refractivity contribution in [3.8, 4) is 5.75 Å². The molecule has 0 spiro atoms. The van der Waals surface area contributed by atoms with Gasteiger partial charge in [-0.25, -0.2) is 24.1 Å². The van der Waals surface area contributed by atoms with Crippen LogP contribution in [0.2, 0.25) is 5.02 Å². The molecule has 0 bridgehead atoms. The van der Waals surface area contributed by atoms with Crippen molar-refractivity contribution in [2.75, 3.05) is 19.7 Å². The van der Waals surface area contributed by atoms with Crippen molar-refractivity contribution < 1.29 is 23.8 Å². The van der Waals surface area contributed by atoms with E-state index >= 15 is 0 Å². The molecule has 6 rings (SSSR count). The monoisotopic (exact) mass is 583 g/mol. The smallest absolute Gasteiger partial charge is 0.335 e. The Morgan fingerprint density at radius 3 is 2.80 bits per heavy atom. The largest absolute Gasteiger partial charge is 0.484 e. The molecule has 0 aliphatic carbocycles. The van der Waals surface area contributed by atoms with Gasteiger partial charge in [0.25, 0.3) is 0 Å². The van der Waals surface area contributed by atoms with Crippen LogP contribution in [0.25, 0.3) is 16.6 Å². The van der Waals surface area contributed by atoms with E-state index in [-0.39, 0.29) is 37.5 Å². The van der Waals surface area contributed by atoms with Crippen molar-refractivity contribution in [2.24, 2.45) is 0 Å². The fourth-order valence-corrected chi connectivity index (χ4v) is 4.89. The van der Waals surface area contributed by atoms with Crippen LogP contribution in [0.1, 0.15) is 34.1 Å². The van der Waals surface area contributed by atoms with Crippen LogP contribution in [-0.4, -0.2) is 61.3 Å². The van der Waals surface area contributed by atoms with E-state index in [1.807, 2.05) is 0 Å². The number of carboxylic acids is 1. The number of imidazole rings is 1. The van der Waals surface area contributed by atoms with Gasteiger partial charge in [0.2, 0.25) is 0 Å². The lowest BCUT2D eigenvalue weighted by molar-refractivity contribution is -0.0591. The number of nitrogens with zero attached hydrogens (tertiary/aromatic N) is 5. The number of rotatable bonds is 9. The first-order valence-electron chi connectivity index (χ1n) is 12.6. The van der Waals surface area contributed by atoms with Gasteiger partial charge in [-0.3, -0.25) is 4.90 Å². The first-order chi connectivity index (χ1) is 18.9. The van der Waals surface area contributed by atoms with E-state index < -0.39 is 11.8 Å². The molecule has 0 saturated carbocycles. The summed E-state index contributed by atoms with van der Waals surface area (Å²) in [5.74, 6) is 0.0605. The molecule has 1 fully saturated rings. The lowest BCUT2D eigenvalue weighted by Gasteiger charge is -2.28. The zero-order valence-corrected chi connectivity index (χ0v) is 23.1. The molecule has 40 heavy (non-hydrogen) atoms. The van der Waals surface area contributed by atoms with E-state index in [4.69, 9.17) is 26.1 Å². The molecule has 1 saturated heterocycles. The van der Waals surface area contributed by atoms with Gasteiger partial charge in [0.1, 0.15) is 12.4 Å². The number of ether oxygens (including phenoxy) is 2. The second kappa shape index (κ2) is 11.9. The maximum atomic E-state index is 14.0. The fourth-order valence-electron chi connectivity index (χ4n) is 4.73. The number of fused-ring (bicyclic) bond motifs is 1. The van der Waals surface area contributed by atoms with Crippen LogP contribution in [0.3, 0.4) is 0 Å². The van der Waals surface area contributed by atoms with E-state index in [0.717, 1.165) is 35.5 Å². The quantitative estimate of drug-likeness (QED) is 0.303. The molecule has 1 N–H and O–H groups in total. The lowest BCUT2D eigenvalue weighted by atomic mass is 10.1. The Kier molecular flexibility index (Phi) is 8.36. The second-order valence-corrected chi connectivity index (χ2v) is 10.00. The molecule has 4 aromatic rings. The van der Waals surface area contributed by atoms with Crippen LogP contribution in [0.15, 0.2) is 54.7 Å². The predicted molar refractivity (Wildman–Crippen MR) is 152 cm³/mol. The minimum Gasteiger partial charge on any atom is -0.484 e. The highest BCUT2D eigenvalue weighted by Gasteiger charge is 2.25. The predicted octanol–water partition coefficient (Wildman–Crippen LogP) is 4.70. The average Bonchev–Trinajstić information content (AvgIpc) is 3.50. The molecule has 2 aliphatic rings. The van der Waals surface area contributed by atoms with Gasteiger partial charge in [0.05, 0.1) is 41.5 Å². The summed E-state index contributed by atoms with van der Waals surface area (Å²) in [5, 5.41) is 9.78. The fraction of sp³-hybridized carbons (Fsp3) is 0.286. The highest BCUT2D eigenvalue weighted by Crippen LogP contribution is 2.26. The Bertz CT molecular complexity index is 1590. The molecule has 2 aromatic heterocycles. The van der Waals surface area contributed by atoms with Crippen molar-refractivity contribution in [2.45, 2.75) is 32.2 Å². The minimum atomic E-state index is -0.967. The number of hydrogen-bond donors (Lipinski definition) is 1. The summed E-state index contributed by atoms with van der Waals surface area (Å²) < 4.78 is 27.4. The number of carboxylic acid groups (broad SMARTS) is 1. The summed E-state index contributed by atoms with van der Waals surface area (Å²) in [6.07, 6.45) is 4.82. The highest BCUT2D eigenvalue weighted by molar-refractivity contribution is 7.59. The van der Waals surface area contributed by atoms with Crippen LogP contribution < -0.4 is 4.74 Å². The minimum absolute atomic E-state index is 0. The third kappa shape index (κ3) is 5.97. The van der Waals surface area contributed by atoms with Crippen LogP contribution in [-0.2, 0) is 24.4 Å². The Morgan fingerprint density at radius 1 is 1.20 bits per heavy atom. The summed E-state index contributed by atoms with van der Waals surface area (Å²) in [6, 6.07) is 11.0. The van der Waals surface area contributed by atoms with Crippen molar-refractivity contribution >= 4 is 47.7 Å². The van der Waals surface area contributed by atoms with Crippen molar-refractivity contribution in [1.29, 1.82) is 0 Å². The van der Waals surface area contributed by atoms with Crippen LogP contribution in [0, 0.1) is 5.82 Å². The zero-order chi connectivity index (χ0) is 26.9. The number of carbonyl (C=O) groups is 1. The SMILES string of the molecule is O=C(O)c1ccc2nc(CN3CC=C(c4nccc(COc5ccc(Cl)cc5F)n4)C3)n(C[C@@H]3CCO3)c2c1.S. The molecule has 0 unspecified atom stereocenters. The zero-order valence-electron chi connectivity index (χ0n) is 21.4. The highest BCUT2D eigenvalue weighted by atomic mass is 35.5. The third-order valence-corrected chi connectivity index (χ3v) is 7.11.